The molecule has 2 N–H and O–H groups in total. The first-order valence-corrected chi connectivity index (χ1v) is 6.37. The number of aromatic carboxylic acids is 1. The highest BCUT2D eigenvalue weighted by molar-refractivity contribution is 5.89. The summed E-state index contributed by atoms with van der Waals surface area (Å²) in [5, 5.41) is 12.2. The zero-order valence-corrected chi connectivity index (χ0v) is 10.4. The van der Waals surface area contributed by atoms with Crippen LogP contribution in [0.15, 0.2) is 18.2 Å². The average Bonchev–Trinajstić information content (AvgIpc) is 2.34. The van der Waals surface area contributed by atoms with E-state index in [-0.39, 0.29) is 5.56 Å². The molecule has 1 aliphatic carbocycles. The van der Waals surface area contributed by atoms with Gasteiger partial charge in [-0.25, -0.2) is 9.18 Å². The molecular weight excluding hydrogens is 233 g/mol. The van der Waals surface area contributed by atoms with E-state index in [0.717, 1.165) is 6.42 Å². The Morgan fingerprint density at radius 2 is 2.11 bits per heavy atom. The Bertz CT molecular complexity index is 447. The molecular formula is C14H18FNO2. The van der Waals surface area contributed by atoms with Gasteiger partial charge in [0, 0.05) is 11.7 Å². The normalized spacial score (nSPS) is 23.7. The number of carboxylic acids is 1. The molecule has 4 heteroatoms. The van der Waals surface area contributed by atoms with E-state index in [9.17, 15) is 9.18 Å². The van der Waals surface area contributed by atoms with E-state index in [0.29, 0.717) is 17.6 Å². The van der Waals surface area contributed by atoms with Crippen LogP contribution in [0.4, 0.5) is 10.1 Å². The summed E-state index contributed by atoms with van der Waals surface area (Å²) < 4.78 is 13.3. The van der Waals surface area contributed by atoms with Gasteiger partial charge >= 0.3 is 5.97 Å². The molecule has 0 saturated heterocycles. The van der Waals surface area contributed by atoms with E-state index in [4.69, 9.17) is 5.11 Å². The molecule has 1 aromatic carbocycles. The van der Waals surface area contributed by atoms with Crippen molar-refractivity contribution in [3.8, 4) is 0 Å². The Morgan fingerprint density at radius 1 is 1.39 bits per heavy atom. The molecule has 3 nitrogen and oxygen atoms in total. The second-order valence-electron chi connectivity index (χ2n) is 5.01. The number of halogens is 1. The standard InChI is InChI=1S/C14H18FNO2/c1-9-4-2-3-5-13(9)16-10-6-7-12(15)11(8-10)14(17)18/h6-9,13,16H,2-5H2,1H3,(H,17,18). The van der Waals surface area contributed by atoms with Gasteiger partial charge in [0.15, 0.2) is 0 Å². The molecule has 1 saturated carbocycles. The molecule has 0 heterocycles. The van der Waals surface area contributed by atoms with Gasteiger partial charge < -0.3 is 10.4 Å². The molecule has 98 valence electrons. The Labute approximate surface area is 106 Å². The lowest BCUT2D eigenvalue weighted by atomic mass is 9.86. The van der Waals surface area contributed by atoms with Crippen LogP contribution >= 0.6 is 0 Å². The maximum Gasteiger partial charge on any atom is 0.338 e. The molecule has 0 bridgehead atoms. The van der Waals surface area contributed by atoms with E-state index in [2.05, 4.69) is 12.2 Å². The molecule has 18 heavy (non-hydrogen) atoms. The summed E-state index contributed by atoms with van der Waals surface area (Å²) >= 11 is 0. The van der Waals surface area contributed by atoms with Crippen molar-refractivity contribution in [2.75, 3.05) is 5.32 Å². The average molecular weight is 251 g/mol. The molecule has 2 rings (SSSR count). The number of rotatable bonds is 3. The van der Waals surface area contributed by atoms with Crippen molar-refractivity contribution >= 4 is 11.7 Å². The van der Waals surface area contributed by atoms with Crippen LogP contribution in [0.25, 0.3) is 0 Å². The highest BCUT2D eigenvalue weighted by Gasteiger charge is 2.21. The molecule has 2 atom stereocenters. The Balaban J connectivity index is 2.14. The molecule has 0 radical (unpaired) electrons. The summed E-state index contributed by atoms with van der Waals surface area (Å²) in [5.41, 5.74) is 0.413. The third-order valence-corrected chi connectivity index (χ3v) is 3.66. The molecule has 1 aromatic rings. The summed E-state index contributed by atoms with van der Waals surface area (Å²) in [4.78, 5) is 10.9. The van der Waals surface area contributed by atoms with E-state index < -0.39 is 11.8 Å². The minimum Gasteiger partial charge on any atom is -0.478 e. The van der Waals surface area contributed by atoms with Gasteiger partial charge in [0.1, 0.15) is 5.82 Å². The fraction of sp³-hybridized carbons (Fsp3) is 0.500. The van der Waals surface area contributed by atoms with Gasteiger partial charge in [0.05, 0.1) is 5.56 Å². The summed E-state index contributed by atoms with van der Waals surface area (Å²) in [7, 11) is 0. The minimum absolute atomic E-state index is 0.275. The van der Waals surface area contributed by atoms with Crippen LogP contribution in [-0.4, -0.2) is 17.1 Å². The molecule has 0 aromatic heterocycles. The van der Waals surface area contributed by atoms with Crippen LogP contribution in [0.3, 0.4) is 0 Å². The SMILES string of the molecule is CC1CCCCC1Nc1ccc(F)c(C(=O)O)c1. The van der Waals surface area contributed by atoms with Crippen LogP contribution in [0.2, 0.25) is 0 Å². The van der Waals surface area contributed by atoms with Gasteiger partial charge in [-0.1, -0.05) is 19.8 Å². The molecule has 2 unspecified atom stereocenters. The van der Waals surface area contributed by atoms with Gasteiger partial charge in [0.25, 0.3) is 0 Å². The van der Waals surface area contributed by atoms with Gasteiger partial charge in [0.2, 0.25) is 0 Å². The molecule has 0 spiro atoms. The van der Waals surface area contributed by atoms with Crippen molar-refractivity contribution in [1.29, 1.82) is 0 Å². The highest BCUT2D eigenvalue weighted by atomic mass is 19.1. The van der Waals surface area contributed by atoms with Crippen LogP contribution in [0.1, 0.15) is 43.0 Å². The van der Waals surface area contributed by atoms with Crippen molar-refractivity contribution in [2.45, 2.75) is 38.6 Å². The fourth-order valence-electron chi connectivity index (χ4n) is 2.52. The third-order valence-electron chi connectivity index (χ3n) is 3.66. The second kappa shape index (κ2) is 5.38. The molecule has 1 fully saturated rings. The van der Waals surface area contributed by atoms with Crippen molar-refractivity contribution in [3.05, 3.63) is 29.6 Å². The number of nitrogens with one attached hydrogen (secondary N) is 1. The van der Waals surface area contributed by atoms with Crippen LogP contribution in [-0.2, 0) is 0 Å². The third kappa shape index (κ3) is 2.81. The quantitative estimate of drug-likeness (QED) is 0.864. The topological polar surface area (TPSA) is 49.3 Å². The van der Waals surface area contributed by atoms with E-state index >= 15 is 0 Å². The first kappa shape index (κ1) is 12.9. The highest BCUT2D eigenvalue weighted by Crippen LogP contribution is 2.27. The Morgan fingerprint density at radius 3 is 2.78 bits per heavy atom. The summed E-state index contributed by atoms with van der Waals surface area (Å²) in [5.74, 6) is -1.35. The maximum absolute atomic E-state index is 13.3. The first-order chi connectivity index (χ1) is 8.58. The number of hydrogen-bond donors (Lipinski definition) is 2. The fourth-order valence-corrected chi connectivity index (χ4v) is 2.52. The first-order valence-electron chi connectivity index (χ1n) is 6.37. The van der Waals surface area contributed by atoms with Gasteiger partial charge in [-0.05, 0) is 37.0 Å². The smallest absolute Gasteiger partial charge is 0.338 e. The van der Waals surface area contributed by atoms with Gasteiger partial charge in [-0.15, -0.1) is 0 Å². The van der Waals surface area contributed by atoms with Crippen LogP contribution in [0.5, 0.6) is 0 Å². The van der Waals surface area contributed by atoms with E-state index in [1.54, 1.807) is 6.07 Å². The second-order valence-corrected chi connectivity index (χ2v) is 5.01. The number of anilines is 1. The lowest BCUT2D eigenvalue weighted by Gasteiger charge is -2.30. The Hall–Kier alpha value is -1.58. The number of carboxylic acid groups (broad SMARTS) is 1. The lowest BCUT2D eigenvalue weighted by molar-refractivity contribution is 0.0692. The zero-order chi connectivity index (χ0) is 13.1. The molecule has 1 aliphatic rings. The zero-order valence-electron chi connectivity index (χ0n) is 10.4. The summed E-state index contributed by atoms with van der Waals surface area (Å²) in [6, 6.07) is 4.53. The van der Waals surface area contributed by atoms with Crippen molar-refractivity contribution in [2.24, 2.45) is 5.92 Å². The largest absolute Gasteiger partial charge is 0.478 e. The number of hydrogen-bond acceptors (Lipinski definition) is 2. The monoisotopic (exact) mass is 251 g/mol. The number of benzene rings is 1. The minimum atomic E-state index is -1.23. The molecule has 0 amide bonds. The number of carbonyl (C=O) groups is 1. The lowest BCUT2D eigenvalue weighted by Crippen LogP contribution is -2.30. The predicted octanol–water partition coefficient (Wildman–Crippen LogP) is 3.51. The summed E-state index contributed by atoms with van der Waals surface area (Å²) in [6.07, 6.45) is 4.71. The Kier molecular flexibility index (Phi) is 3.84. The van der Waals surface area contributed by atoms with Gasteiger partial charge in [-0.2, -0.15) is 0 Å². The van der Waals surface area contributed by atoms with Crippen LogP contribution in [0, 0.1) is 11.7 Å². The van der Waals surface area contributed by atoms with Crippen molar-refractivity contribution < 1.29 is 14.3 Å². The van der Waals surface area contributed by atoms with E-state index in [1.807, 2.05) is 0 Å². The molecule has 0 aliphatic heterocycles. The van der Waals surface area contributed by atoms with Crippen molar-refractivity contribution in [1.82, 2.24) is 0 Å². The van der Waals surface area contributed by atoms with E-state index in [1.165, 1.54) is 31.4 Å². The predicted molar refractivity (Wildman–Crippen MR) is 68.4 cm³/mol. The van der Waals surface area contributed by atoms with Crippen LogP contribution < -0.4 is 5.32 Å². The van der Waals surface area contributed by atoms with Gasteiger partial charge in [-0.3, -0.25) is 0 Å². The van der Waals surface area contributed by atoms with Crippen molar-refractivity contribution in [3.63, 3.8) is 0 Å². The summed E-state index contributed by atoms with van der Waals surface area (Å²) in [6.45, 7) is 2.19. The maximum atomic E-state index is 13.3.